The Morgan fingerprint density at radius 1 is 1.27 bits per heavy atom. The zero-order valence-electron chi connectivity index (χ0n) is 11.7. The summed E-state index contributed by atoms with van der Waals surface area (Å²) >= 11 is 3.12. The molecule has 1 amide bonds. The smallest absolute Gasteiger partial charge is 0.414 e. The topological polar surface area (TPSA) is 90.7 Å². The van der Waals surface area contributed by atoms with Gasteiger partial charge in [-0.3, -0.25) is 5.32 Å². The van der Waals surface area contributed by atoms with Crippen LogP contribution in [0.4, 0.5) is 10.7 Å². The molecule has 0 aliphatic carbocycles. The number of nitrogens with one attached hydrogen (secondary N) is 1. The molecule has 0 spiro atoms. The van der Waals surface area contributed by atoms with E-state index in [0.29, 0.717) is 0 Å². The summed E-state index contributed by atoms with van der Waals surface area (Å²) in [4.78, 5) is 23.2. The van der Waals surface area contributed by atoms with Gasteiger partial charge in [0.25, 0.3) is 0 Å². The van der Waals surface area contributed by atoms with Crippen LogP contribution >= 0.6 is 15.9 Å². The van der Waals surface area contributed by atoms with Crippen molar-refractivity contribution in [3.8, 4) is 0 Å². The molecule has 1 N–H and O–H groups in total. The standard InChI is InChI=1S/C14H13BrN2O5/c1-2-20-13(18)11-10(15)12(22-17-11)16-14(19)21-8-9-6-4-3-5-7-9/h3-7H,2,8H2,1H3,(H,16,19). The van der Waals surface area contributed by atoms with Crippen LogP contribution < -0.4 is 5.32 Å². The highest BCUT2D eigenvalue weighted by atomic mass is 79.9. The molecule has 2 aromatic rings. The number of halogens is 1. The van der Waals surface area contributed by atoms with E-state index in [-0.39, 0.29) is 29.3 Å². The maximum absolute atomic E-state index is 11.7. The Balaban J connectivity index is 1.93. The molecule has 1 heterocycles. The Morgan fingerprint density at radius 3 is 2.68 bits per heavy atom. The summed E-state index contributed by atoms with van der Waals surface area (Å²) in [6.45, 7) is 2.00. The van der Waals surface area contributed by atoms with E-state index in [1.54, 1.807) is 6.92 Å². The van der Waals surface area contributed by atoms with E-state index < -0.39 is 12.1 Å². The molecule has 0 aliphatic heterocycles. The van der Waals surface area contributed by atoms with Crippen molar-refractivity contribution < 1.29 is 23.6 Å². The van der Waals surface area contributed by atoms with Gasteiger partial charge in [-0.1, -0.05) is 35.5 Å². The van der Waals surface area contributed by atoms with Crippen molar-refractivity contribution in [3.05, 3.63) is 46.1 Å². The second-order valence-electron chi connectivity index (χ2n) is 4.08. The number of carbonyl (C=O) groups is 2. The third-order valence-electron chi connectivity index (χ3n) is 2.53. The molecule has 8 heteroatoms. The minimum absolute atomic E-state index is 0.0267. The number of carbonyl (C=O) groups excluding carboxylic acids is 2. The maximum Gasteiger partial charge on any atom is 0.414 e. The quantitative estimate of drug-likeness (QED) is 0.813. The fourth-order valence-electron chi connectivity index (χ4n) is 1.53. The average molecular weight is 369 g/mol. The summed E-state index contributed by atoms with van der Waals surface area (Å²) in [6, 6.07) is 9.21. The van der Waals surface area contributed by atoms with E-state index >= 15 is 0 Å². The van der Waals surface area contributed by atoms with Crippen molar-refractivity contribution in [1.82, 2.24) is 5.16 Å². The van der Waals surface area contributed by atoms with Gasteiger partial charge in [-0.05, 0) is 28.4 Å². The first-order valence-corrected chi connectivity index (χ1v) is 7.21. The van der Waals surface area contributed by atoms with Gasteiger partial charge >= 0.3 is 12.1 Å². The van der Waals surface area contributed by atoms with Crippen molar-refractivity contribution in [3.63, 3.8) is 0 Å². The van der Waals surface area contributed by atoms with Crippen molar-refractivity contribution in [2.24, 2.45) is 0 Å². The highest BCUT2D eigenvalue weighted by Crippen LogP contribution is 2.27. The molecule has 0 radical (unpaired) electrons. The number of esters is 1. The average Bonchev–Trinajstić information content (AvgIpc) is 2.88. The van der Waals surface area contributed by atoms with Crippen LogP contribution in [0, 0.1) is 0 Å². The molecular formula is C14H13BrN2O5. The van der Waals surface area contributed by atoms with Crippen LogP contribution in [0.1, 0.15) is 23.0 Å². The first-order chi connectivity index (χ1) is 10.6. The van der Waals surface area contributed by atoms with Crippen LogP contribution in [0.2, 0.25) is 0 Å². The summed E-state index contributed by atoms with van der Waals surface area (Å²) in [5.41, 5.74) is 0.793. The van der Waals surface area contributed by atoms with Crippen LogP contribution in [-0.4, -0.2) is 23.8 Å². The van der Waals surface area contributed by atoms with Gasteiger partial charge in [0, 0.05) is 0 Å². The predicted molar refractivity (Wildman–Crippen MR) is 80.4 cm³/mol. The summed E-state index contributed by atoms with van der Waals surface area (Å²) in [7, 11) is 0. The molecule has 22 heavy (non-hydrogen) atoms. The first kappa shape index (κ1) is 16.0. The van der Waals surface area contributed by atoms with Gasteiger partial charge in [0.05, 0.1) is 6.61 Å². The van der Waals surface area contributed by atoms with Gasteiger partial charge in [-0.15, -0.1) is 0 Å². The highest BCUT2D eigenvalue weighted by molar-refractivity contribution is 9.10. The van der Waals surface area contributed by atoms with E-state index in [9.17, 15) is 9.59 Å². The molecule has 7 nitrogen and oxygen atoms in total. The molecule has 0 saturated carbocycles. The second-order valence-corrected chi connectivity index (χ2v) is 4.87. The molecule has 1 aromatic heterocycles. The number of amides is 1. The number of rotatable bonds is 5. The SMILES string of the molecule is CCOC(=O)c1noc(NC(=O)OCc2ccccc2)c1Br. The van der Waals surface area contributed by atoms with Crippen molar-refractivity contribution >= 4 is 33.9 Å². The number of hydrogen-bond acceptors (Lipinski definition) is 6. The molecule has 1 aromatic carbocycles. The fourth-order valence-corrected chi connectivity index (χ4v) is 1.94. The van der Waals surface area contributed by atoms with E-state index in [0.717, 1.165) is 5.56 Å². The second kappa shape index (κ2) is 7.60. The van der Waals surface area contributed by atoms with Crippen LogP contribution in [0.25, 0.3) is 0 Å². The van der Waals surface area contributed by atoms with Gasteiger partial charge in [0.2, 0.25) is 11.6 Å². The van der Waals surface area contributed by atoms with Crippen LogP contribution in [0.15, 0.2) is 39.3 Å². The number of benzene rings is 1. The molecule has 0 fully saturated rings. The predicted octanol–water partition coefficient (Wildman–Crippen LogP) is 3.36. The largest absolute Gasteiger partial charge is 0.461 e. The van der Waals surface area contributed by atoms with Gasteiger partial charge in [0.1, 0.15) is 11.1 Å². The number of anilines is 1. The van der Waals surface area contributed by atoms with Crippen LogP contribution in [-0.2, 0) is 16.1 Å². The lowest BCUT2D eigenvalue weighted by Gasteiger charge is -2.04. The van der Waals surface area contributed by atoms with E-state index in [1.807, 2.05) is 30.3 Å². The van der Waals surface area contributed by atoms with Gasteiger partial charge in [-0.2, -0.15) is 0 Å². The highest BCUT2D eigenvalue weighted by Gasteiger charge is 2.22. The Bertz CT molecular complexity index is 657. The summed E-state index contributed by atoms with van der Waals surface area (Å²) in [6.07, 6.45) is -0.726. The minimum atomic E-state index is -0.726. The number of hydrogen-bond donors (Lipinski definition) is 1. The molecule has 0 aliphatic rings. The molecule has 0 atom stereocenters. The lowest BCUT2D eigenvalue weighted by molar-refractivity contribution is 0.0513. The van der Waals surface area contributed by atoms with E-state index in [1.165, 1.54) is 0 Å². The Kier molecular flexibility index (Phi) is 5.54. The fraction of sp³-hybridized carbons (Fsp3) is 0.214. The summed E-state index contributed by atoms with van der Waals surface area (Å²) in [5, 5.41) is 5.89. The number of nitrogens with zero attached hydrogens (tertiary/aromatic N) is 1. The van der Waals surface area contributed by atoms with Crippen LogP contribution in [0.5, 0.6) is 0 Å². The molecule has 0 unspecified atom stereocenters. The Hall–Kier alpha value is -2.35. The van der Waals surface area contributed by atoms with Crippen LogP contribution in [0.3, 0.4) is 0 Å². The maximum atomic E-state index is 11.7. The van der Waals surface area contributed by atoms with E-state index in [4.69, 9.17) is 14.0 Å². The summed E-state index contributed by atoms with van der Waals surface area (Å²) in [5.74, 6) is -0.676. The Labute approximate surface area is 134 Å². The van der Waals surface area contributed by atoms with Gasteiger partial charge < -0.3 is 14.0 Å². The van der Waals surface area contributed by atoms with Gasteiger partial charge in [0.15, 0.2) is 0 Å². The third kappa shape index (κ3) is 4.08. The third-order valence-corrected chi connectivity index (χ3v) is 3.27. The molecule has 0 bridgehead atoms. The first-order valence-electron chi connectivity index (χ1n) is 6.41. The molecular weight excluding hydrogens is 356 g/mol. The van der Waals surface area contributed by atoms with Crippen molar-refractivity contribution in [2.75, 3.05) is 11.9 Å². The number of aromatic nitrogens is 1. The summed E-state index contributed by atoms with van der Waals surface area (Å²) < 4.78 is 14.9. The Morgan fingerprint density at radius 2 is 2.00 bits per heavy atom. The molecule has 116 valence electrons. The van der Waals surface area contributed by atoms with Crippen molar-refractivity contribution in [1.29, 1.82) is 0 Å². The van der Waals surface area contributed by atoms with Gasteiger partial charge in [-0.25, -0.2) is 9.59 Å². The van der Waals surface area contributed by atoms with Crippen molar-refractivity contribution in [2.45, 2.75) is 13.5 Å². The normalized spacial score (nSPS) is 10.1. The zero-order valence-corrected chi connectivity index (χ0v) is 13.3. The minimum Gasteiger partial charge on any atom is -0.461 e. The van der Waals surface area contributed by atoms with E-state index in [2.05, 4.69) is 26.4 Å². The molecule has 0 saturated heterocycles. The molecule has 2 rings (SSSR count). The monoisotopic (exact) mass is 368 g/mol. The number of ether oxygens (including phenoxy) is 2. The zero-order chi connectivity index (χ0) is 15.9. The lowest BCUT2D eigenvalue weighted by atomic mass is 10.2. The lowest BCUT2D eigenvalue weighted by Crippen LogP contribution is -2.13.